The average Bonchev–Trinajstić information content (AvgIpc) is 3.54. The molecular formula is C33H30FN5. The van der Waals surface area contributed by atoms with E-state index in [1.54, 1.807) is 12.1 Å². The van der Waals surface area contributed by atoms with Crippen LogP contribution in [0.15, 0.2) is 90.8 Å². The highest BCUT2D eigenvalue weighted by atomic mass is 19.1. The van der Waals surface area contributed by atoms with Crippen molar-refractivity contribution >= 4 is 27.5 Å². The fourth-order valence-electron chi connectivity index (χ4n) is 4.37. The maximum absolute atomic E-state index is 14.6. The number of rotatable bonds is 6. The highest BCUT2D eigenvalue weighted by Crippen LogP contribution is 2.35. The zero-order chi connectivity index (χ0) is 27.7. The van der Waals surface area contributed by atoms with E-state index in [1.165, 1.54) is 6.07 Å². The number of hydrogen-bond acceptors (Lipinski definition) is 3. The number of benzene rings is 2. The number of aromatic nitrogens is 4. The molecule has 0 amide bonds. The van der Waals surface area contributed by atoms with Crippen molar-refractivity contribution in [1.82, 2.24) is 25.5 Å². The van der Waals surface area contributed by atoms with Gasteiger partial charge < -0.3 is 10.3 Å². The molecule has 0 fully saturated rings. The number of terminal acetylenes is 1. The van der Waals surface area contributed by atoms with Gasteiger partial charge in [0.2, 0.25) is 0 Å². The van der Waals surface area contributed by atoms with E-state index in [-0.39, 0.29) is 11.2 Å². The van der Waals surface area contributed by atoms with Gasteiger partial charge in [0.1, 0.15) is 17.0 Å². The van der Waals surface area contributed by atoms with Gasteiger partial charge in [0.25, 0.3) is 0 Å². The molecule has 5 nitrogen and oxygen atoms in total. The van der Waals surface area contributed by atoms with Gasteiger partial charge in [-0.15, -0.1) is 6.42 Å². The van der Waals surface area contributed by atoms with Gasteiger partial charge in [-0.2, -0.15) is 5.10 Å². The lowest BCUT2D eigenvalue weighted by molar-refractivity contribution is 0.478. The van der Waals surface area contributed by atoms with Gasteiger partial charge in [0.05, 0.1) is 22.6 Å². The first-order chi connectivity index (χ1) is 18.7. The van der Waals surface area contributed by atoms with Crippen LogP contribution in [0.1, 0.15) is 33.4 Å². The fourth-order valence-corrected chi connectivity index (χ4v) is 4.37. The molecule has 0 unspecified atom stereocenters. The molecule has 5 rings (SSSR count). The highest BCUT2D eigenvalue weighted by Gasteiger charge is 2.18. The van der Waals surface area contributed by atoms with Crippen molar-refractivity contribution in [2.45, 2.75) is 27.7 Å². The summed E-state index contributed by atoms with van der Waals surface area (Å²) in [6, 6.07) is 18.5. The van der Waals surface area contributed by atoms with Crippen LogP contribution in [0.25, 0.3) is 50.0 Å². The van der Waals surface area contributed by atoms with E-state index in [2.05, 4.69) is 53.8 Å². The lowest BCUT2D eigenvalue weighted by atomic mass is 9.92. The Bertz CT molecular complexity index is 1820. The lowest BCUT2D eigenvalue weighted by Crippen LogP contribution is -2.22. The summed E-state index contributed by atoms with van der Waals surface area (Å²) >= 11 is 0. The molecule has 0 atom stereocenters. The predicted octanol–water partition coefficient (Wildman–Crippen LogP) is 7.98. The van der Waals surface area contributed by atoms with Crippen LogP contribution in [-0.2, 0) is 0 Å². The Hall–Kier alpha value is -4.89. The van der Waals surface area contributed by atoms with Crippen LogP contribution >= 0.6 is 0 Å². The number of nitrogens with one attached hydrogen (secondary N) is 3. The van der Waals surface area contributed by atoms with Crippen molar-refractivity contribution in [1.29, 1.82) is 0 Å². The Balaban J connectivity index is 1.56. The standard InChI is InChI=1S/C33H30FN5/c1-7-21(18-22(8-2)35-20(3)33(4,5)6)27-16-17-29-31(37-27)32(39-38-29)30-19-25-23(13-11-15-28(25)36-30)24-12-9-10-14-26(24)34/h2,7,9-19,35-36H,3H2,1,4-6H3,(H,38,39)/b21-7+,22-18+. The van der Waals surface area contributed by atoms with Crippen molar-refractivity contribution in [2.24, 2.45) is 5.41 Å². The van der Waals surface area contributed by atoms with Crippen LogP contribution in [0, 0.1) is 23.6 Å². The van der Waals surface area contributed by atoms with Crippen LogP contribution in [0.2, 0.25) is 0 Å². The molecule has 0 aliphatic carbocycles. The number of pyridine rings is 1. The number of hydrogen-bond donors (Lipinski definition) is 3. The van der Waals surface area contributed by atoms with Crippen molar-refractivity contribution in [3.63, 3.8) is 0 Å². The molecule has 39 heavy (non-hydrogen) atoms. The Morgan fingerprint density at radius 3 is 2.54 bits per heavy atom. The molecule has 0 saturated heterocycles. The first kappa shape index (κ1) is 25.7. The highest BCUT2D eigenvalue weighted by molar-refractivity contribution is 6.00. The monoisotopic (exact) mass is 515 g/mol. The SMILES string of the molecule is C#C/C(=C\C(=C/C)c1ccc2[nH]nc(-c3cc4c(-c5ccccc5F)cccc4[nH]3)c2n1)NC(=C)C(C)(C)C. The minimum Gasteiger partial charge on any atom is -0.353 e. The van der Waals surface area contributed by atoms with Crippen molar-refractivity contribution in [3.05, 3.63) is 102 Å². The molecule has 3 heterocycles. The summed E-state index contributed by atoms with van der Waals surface area (Å²) in [7, 11) is 0. The molecule has 5 aromatic rings. The van der Waals surface area contributed by atoms with E-state index in [9.17, 15) is 4.39 Å². The van der Waals surface area contributed by atoms with E-state index in [4.69, 9.17) is 11.4 Å². The average molecular weight is 516 g/mol. The first-order valence-electron chi connectivity index (χ1n) is 12.7. The molecule has 3 N–H and O–H groups in total. The largest absolute Gasteiger partial charge is 0.353 e. The molecule has 2 aromatic carbocycles. The molecule has 194 valence electrons. The quantitative estimate of drug-likeness (QED) is 0.159. The summed E-state index contributed by atoms with van der Waals surface area (Å²) in [6.07, 6.45) is 9.67. The summed E-state index contributed by atoms with van der Waals surface area (Å²) in [4.78, 5) is 8.40. The van der Waals surface area contributed by atoms with E-state index in [1.807, 2.05) is 61.5 Å². The van der Waals surface area contributed by atoms with Gasteiger partial charge in [0.15, 0.2) is 0 Å². The van der Waals surface area contributed by atoms with E-state index in [0.717, 1.165) is 44.6 Å². The maximum Gasteiger partial charge on any atom is 0.135 e. The zero-order valence-corrected chi connectivity index (χ0v) is 22.5. The second-order valence-electron chi connectivity index (χ2n) is 10.4. The Labute approximate surface area is 227 Å². The van der Waals surface area contributed by atoms with Crippen LogP contribution < -0.4 is 5.32 Å². The van der Waals surface area contributed by atoms with Crippen LogP contribution in [0.4, 0.5) is 4.39 Å². The fraction of sp³-hybridized carbons (Fsp3) is 0.152. The lowest BCUT2D eigenvalue weighted by Gasteiger charge is -2.23. The van der Waals surface area contributed by atoms with Crippen molar-refractivity contribution in [3.8, 4) is 34.9 Å². The van der Waals surface area contributed by atoms with Crippen LogP contribution in [-0.4, -0.2) is 20.2 Å². The van der Waals surface area contributed by atoms with Gasteiger partial charge in [0, 0.05) is 27.6 Å². The van der Waals surface area contributed by atoms with Gasteiger partial charge in [-0.05, 0) is 54.5 Å². The number of fused-ring (bicyclic) bond motifs is 2. The molecule has 0 aliphatic rings. The molecule has 0 aliphatic heterocycles. The summed E-state index contributed by atoms with van der Waals surface area (Å²) < 4.78 is 14.6. The Morgan fingerprint density at radius 1 is 1.05 bits per heavy atom. The van der Waals surface area contributed by atoms with E-state index < -0.39 is 0 Å². The third kappa shape index (κ3) is 4.99. The van der Waals surface area contributed by atoms with E-state index in [0.29, 0.717) is 22.5 Å². The summed E-state index contributed by atoms with van der Waals surface area (Å²) in [6.45, 7) is 12.3. The maximum atomic E-state index is 14.6. The molecule has 0 spiro atoms. The predicted molar refractivity (Wildman–Crippen MR) is 159 cm³/mol. The molecule has 3 aromatic heterocycles. The number of nitrogens with zero attached hydrogens (tertiary/aromatic N) is 2. The number of H-pyrrole nitrogens is 2. The van der Waals surface area contributed by atoms with Gasteiger partial charge in [-0.3, -0.25) is 5.10 Å². The normalized spacial score (nSPS) is 12.6. The summed E-state index contributed by atoms with van der Waals surface area (Å²) in [5.41, 5.74) is 8.16. The first-order valence-corrected chi connectivity index (χ1v) is 12.7. The Kier molecular flexibility index (Phi) is 6.67. The zero-order valence-electron chi connectivity index (χ0n) is 22.5. The second-order valence-corrected chi connectivity index (χ2v) is 10.4. The Morgan fingerprint density at radius 2 is 1.82 bits per heavy atom. The van der Waals surface area contributed by atoms with Gasteiger partial charge >= 0.3 is 0 Å². The van der Waals surface area contributed by atoms with Crippen molar-refractivity contribution < 1.29 is 4.39 Å². The second kappa shape index (κ2) is 10.1. The summed E-state index contributed by atoms with van der Waals surface area (Å²) in [5.74, 6) is 2.46. The topological polar surface area (TPSA) is 69.4 Å². The van der Waals surface area contributed by atoms with Gasteiger partial charge in [-0.25, -0.2) is 9.37 Å². The summed E-state index contributed by atoms with van der Waals surface area (Å²) in [5, 5.41) is 11.8. The molecule has 0 bridgehead atoms. The van der Waals surface area contributed by atoms with Crippen LogP contribution in [0.3, 0.4) is 0 Å². The molecular weight excluding hydrogens is 485 g/mol. The molecule has 6 heteroatoms. The third-order valence-corrected chi connectivity index (χ3v) is 6.74. The van der Waals surface area contributed by atoms with Crippen molar-refractivity contribution in [2.75, 3.05) is 0 Å². The van der Waals surface area contributed by atoms with Crippen LogP contribution in [0.5, 0.6) is 0 Å². The van der Waals surface area contributed by atoms with Gasteiger partial charge in [-0.1, -0.05) is 69.7 Å². The van der Waals surface area contributed by atoms with E-state index >= 15 is 0 Å². The minimum absolute atomic E-state index is 0.138. The third-order valence-electron chi connectivity index (χ3n) is 6.74. The number of allylic oxidation sites excluding steroid dienone is 5. The molecule has 0 radical (unpaired) electrons. The number of aromatic amines is 2. The minimum atomic E-state index is -0.261. The number of halogens is 1. The smallest absolute Gasteiger partial charge is 0.135 e. The molecule has 0 saturated carbocycles.